The van der Waals surface area contributed by atoms with Crippen LogP contribution in [0.5, 0.6) is 0 Å². The van der Waals surface area contributed by atoms with E-state index in [0.29, 0.717) is 31.5 Å². The average molecular weight is 311 g/mol. The SMILES string of the molecule is NC(=O)C1CCN(C(=O)c2ccccc2Br)CC1. The number of halogens is 1. The lowest BCUT2D eigenvalue weighted by Crippen LogP contribution is -2.41. The van der Waals surface area contributed by atoms with Gasteiger partial charge in [-0.05, 0) is 40.9 Å². The van der Waals surface area contributed by atoms with Crippen LogP contribution in [0.15, 0.2) is 28.7 Å². The number of amides is 2. The van der Waals surface area contributed by atoms with E-state index in [-0.39, 0.29) is 17.7 Å². The summed E-state index contributed by atoms with van der Waals surface area (Å²) in [5, 5.41) is 0. The van der Waals surface area contributed by atoms with Crippen molar-refractivity contribution in [3.63, 3.8) is 0 Å². The molecular weight excluding hydrogens is 296 g/mol. The maximum atomic E-state index is 12.3. The molecule has 96 valence electrons. The Morgan fingerprint density at radius 2 is 1.83 bits per heavy atom. The molecule has 2 N–H and O–H groups in total. The molecule has 0 atom stereocenters. The third-order valence-corrected chi connectivity index (χ3v) is 3.98. The Labute approximate surface area is 114 Å². The Balaban J connectivity index is 2.04. The monoisotopic (exact) mass is 310 g/mol. The minimum atomic E-state index is -0.261. The molecule has 1 aliphatic rings. The average Bonchev–Trinajstić information content (AvgIpc) is 2.38. The normalized spacial score (nSPS) is 16.6. The van der Waals surface area contributed by atoms with Gasteiger partial charge in [-0.3, -0.25) is 9.59 Å². The first kappa shape index (κ1) is 13.1. The number of hydrogen-bond acceptors (Lipinski definition) is 2. The van der Waals surface area contributed by atoms with Gasteiger partial charge < -0.3 is 10.6 Å². The van der Waals surface area contributed by atoms with Gasteiger partial charge in [-0.2, -0.15) is 0 Å². The number of nitrogens with zero attached hydrogens (tertiary/aromatic N) is 1. The number of piperidine rings is 1. The van der Waals surface area contributed by atoms with Crippen molar-refractivity contribution in [1.82, 2.24) is 4.90 Å². The summed E-state index contributed by atoms with van der Waals surface area (Å²) in [6.45, 7) is 1.18. The van der Waals surface area contributed by atoms with Crippen molar-refractivity contribution in [3.05, 3.63) is 34.3 Å². The number of carbonyl (C=O) groups is 2. The number of carbonyl (C=O) groups excluding carboxylic acids is 2. The number of benzene rings is 1. The molecule has 0 radical (unpaired) electrons. The molecule has 0 bridgehead atoms. The Bertz CT molecular complexity index is 468. The highest BCUT2D eigenvalue weighted by atomic mass is 79.9. The van der Waals surface area contributed by atoms with Gasteiger partial charge in [0.05, 0.1) is 5.56 Å². The maximum Gasteiger partial charge on any atom is 0.254 e. The molecule has 1 aliphatic heterocycles. The third kappa shape index (κ3) is 2.72. The van der Waals surface area contributed by atoms with Gasteiger partial charge in [-0.1, -0.05) is 12.1 Å². The first-order valence-corrected chi connectivity index (χ1v) is 6.72. The fourth-order valence-electron chi connectivity index (χ4n) is 2.17. The van der Waals surface area contributed by atoms with Crippen LogP contribution in [0.2, 0.25) is 0 Å². The molecule has 1 aromatic rings. The van der Waals surface area contributed by atoms with Crippen molar-refractivity contribution < 1.29 is 9.59 Å². The number of hydrogen-bond donors (Lipinski definition) is 1. The number of nitrogens with two attached hydrogens (primary N) is 1. The summed E-state index contributed by atoms with van der Waals surface area (Å²) in [6.07, 6.45) is 1.32. The fourth-order valence-corrected chi connectivity index (χ4v) is 2.63. The molecular formula is C13H15BrN2O2. The van der Waals surface area contributed by atoms with Gasteiger partial charge in [0.2, 0.25) is 5.91 Å². The van der Waals surface area contributed by atoms with E-state index in [2.05, 4.69) is 15.9 Å². The van der Waals surface area contributed by atoms with Gasteiger partial charge in [0.25, 0.3) is 5.91 Å². The Hall–Kier alpha value is -1.36. The Morgan fingerprint density at radius 1 is 1.22 bits per heavy atom. The van der Waals surface area contributed by atoms with Crippen LogP contribution in [0.4, 0.5) is 0 Å². The Kier molecular flexibility index (Phi) is 4.01. The van der Waals surface area contributed by atoms with E-state index in [1.165, 1.54) is 0 Å². The highest BCUT2D eigenvalue weighted by Gasteiger charge is 2.26. The summed E-state index contributed by atoms with van der Waals surface area (Å²) >= 11 is 3.38. The van der Waals surface area contributed by atoms with E-state index in [9.17, 15) is 9.59 Å². The van der Waals surface area contributed by atoms with E-state index >= 15 is 0 Å². The van der Waals surface area contributed by atoms with E-state index in [0.717, 1.165) is 4.47 Å². The van der Waals surface area contributed by atoms with Gasteiger partial charge >= 0.3 is 0 Å². The lowest BCUT2D eigenvalue weighted by molar-refractivity contribution is -0.123. The van der Waals surface area contributed by atoms with Crippen LogP contribution in [-0.2, 0) is 4.79 Å². The number of rotatable bonds is 2. The second-order valence-corrected chi connectivity index (χ2v) is 5.30. The Morgan fingerprint density at radius 3 is 2.39 bits per heavy atom. The maximum absolute atomic E-state index is 12.3. The zero-order valence-corrected chi connectivity index (χ0v) is 11.5. The van der Waals surface area contributed by atoms with Crippen LogP contribution >= 0.6 is 15.9 Å². The summed E-state index contributed by atoms with van der Waals surface area (Å²) < 4.78 is 0.798. The largest absolute Gasteiger partial charge is 0.369 e. The summed E-state index contributed by atoms with van der Waals surface area (Å²) in [7, 11) is 0. The van der Waals surface area contributed by atoms with Crippen molar-refractivity contribution in [2.45, 2.75) is 12.8 Å². The molecule has 0 saturated carbocycles. The van der Waals surface area contributed by atoms with Crippen LogP contribution in [0.1, 0.15) is 23.2 Å². The van der Waals surface area contributed by atoms with Crippen molar-refractivity contribution in [2.75, 3.05) is 13.1 Å². The van der Waals surface area contributed by atoms with Gasteiger partial charge in [0.15, 0.2) is 0 Å². The second-order valence-electron chi connectivity index (χ2n) is 4.45. The topological polar surface area (TPSA) is 63.4 Å². The van der Waals surface area contributed by atoms with E-state index < -0.39 is 0 Å². The van der Waals surface area contributed by atoms with E-state index in [1.54, 1.807) is 11.0 Å². The zero-order chi connectivity index (χ0) is 13.1. The van der Waals surface area contributed by atoms with Crippen LogP contribution < -0.4 is 5.73 Å². The van der Waals surface area contributed by atoms with Crippen LogP contribution in [0, 0.1) is 5.92 Å². The summed E-state index contributed by atoms with van der Waals surface area (Å²) in [5.74, 6) is -0.346. The molecule has 1 aromatic carbocycles. The first-order chi connectivity index (χ1) is 8.59. The molecule has 1 saturated heterocycles. The summed E-state index contributed by atoms with van der Waals surface area (Å²) in [5.41, 5.74) is 5.94. The molecule has 0 aliphatic carbocycles. The molecule has 1 fully saturated rings. The molecule has 18 heavy (non-hydrogen) atoms. The number of primary amides is 1. The molecule has 2 rings (SSSR count). The highest BCUT2D eigenvalue weighted by Crippen LogP contribution is 2.22. The van der Waals surface area contributed by atoms with Crippen molar-refractivity contribution in [1.29, 1.82) is 0 Å². The van der Waals surface area contributed by atoms with Gasteiger partial charge in [0, 0.05) is 23.5 Å². The highest BCUT2D eigenvalue weighted by molar-refractivity contribution is 9.10. The second kappa shape index (κ2) is 5.52. The number of likely N-dealkylation sites (tertiary alicyclic amines) is 1. The quantitative estimate of drug-likeness (QED) is 0.905. The first-order valence-electron chi connectivity index (χ1n) is 5.92. The van der Waals surface area contributed by atoms with Crippen molar-refractivity contribution in [3.8, 4) is 0 Å². The minimum absolute atomic E-state index is 0.00500. The lowest BCUT2D eigenvalue weighted by atomic mass is 9.96. The third-order valence-electron chi connectivity index (χ3n) is 3.29. The summed E-state index contributed by atoms with van der Waals surface area (Å²) in [4.78, 5) is 25.1. The molecule has 0 spiro atoms. The molecule has 2 amide bonds. The predicted molar refractivity (Wildman–Crippen MR) is 72.0 cm³/mol. The van der Waals surface area contributed by atoms with Crippen LogP contribution in [0.25, 0.3) is 0 Å². The molecule has 0 aromatic heterocycles. The van der Waals surface area contributed by atoms with Gasteiger partial charge in [-0.25, -0.2) is 0 Å². The molecule has 5 heteroatoms. The van der Waals surface area contributed by atoms with Gasteiger partial charge in [-0.15, -0.1) is 0 Å². The summed E-state index contributed by atoms with van der Waals surface area (Å²) in [6, 6.07) is 7.37. The minimum Gasteiger partial charge on any atom is -0.369 e. The standard InChI is InChI=1S/C13H15BrN2O2/c14-11-4-2-1-3-10(11)13(18)16-7-5-9(6-8-16)12(15)17/h1-4,9H,5-8H2,(H2,15,17). The van der Waals surface area contributed by atoms with Crippen LogP contribution in [-0.4, -0.2) is 29.8 Å². The smallest absolute Gasteiger partial charge is 0.254 e. The van der Waals surface area contributed by atoms with E-state index in [4.69, 9.17) is 5.73 Å². The zero-order valence-electron chi connectivity index (χ0n) is 9.93. The van der Waals surface area contributed by atoms with Crippen molar-refractivity contribution in [2.24, 2.45) is 11.7 Å². The predicted octanol–water partition coefficient (Wildman–Crippen LogP) is 1.79. The molecule has 1 heterocycles. The van der Waals surface area contributed by atoms with Gasteiger partial charge in [0.1, 0.15) is 0 Å². The van der Waals surface area contributed by atoms with E-state index in [1.807, 2.05) is 18.2 Å². The fraction of sp³-hybridized carbons (Fsp3) is 0.385. The van der Waals surface area contributed by atoms with Crippen molar-refractivity contribution >= 4 is 27.7 Å². The van der Waals surface area contributed by atoms with Crippen LogP contribution in [0.3, 0.4) is 0 Å². The lowest BCUT2D eigenvalue weighted by Gasteiger charge is -2.30. The molecule has 0 unspecified atom stereocenters. The molecule has 4 nitrogen and oxygen atoms in total.